The van der Waals surface area contributed by atoms with Crippen LogP contribution in [0.5, 0.6) is 0 Å². The quantitative estimate of drug-likeness (QED) is 0.659. The molecule has 0 saturated heterocycles. The van der Waals surface area contributed by atoms with Gasteiger partial charge in [0.05, 0.1) is 11.9 Å². The first kappa shape index (κ1) is 11.0. The Bertz CT molecular complexity index is 273. The highest BCUT2D eigenvalue weighted by molar-refractivity contribution is 7.86. The van der Waals surface area contributed by atoms with Crippen LogP contribution >= 0.6 is 0 Å². The zero-order valence-electron chi connectivity index (χ0n) is 8.70. The van der Waals surface area contributed by atoms with Crippen molar-refractivity contribution in [3.05, 3.63) is 0 Å². The van der Waals surface area contributed by atoms with Crippen LogP contribution in [0.25, 0.3) is 0 Å². The summed E-state index contributed by atoms with van der Waals surface area (Å²) in [4.78, 5) is 0. The van der Waals surface area contributed by atoms with Gasteiger partial charge in [-0.15, -0.1) is 0 Å². The molecule has 13 heavy (non-hydrogen) atoms. The van der Waals surface area contributed by atoms with E-state index in [9.17, 15) is 8.42 Å². The van der Waals surface area contributed by atoms with Gasteiger partial charge in [0.25, 0.3) is 10.1 Å². The van der Waals surface area contributed by atoms with Crippen LogP contribution in [-0.4, -0.2) is 20.3 Å². The fourth-order valence-corrected chi connectivity index (χ4v) is 2.60. The van der Waals surface area contributed by atoms with E-state index in [1.165, 1.54) is 0 Å². The molecule has 1 rings (SSSR count). The lowest BCUT2D eigenvalue weighted by Crippen LogP contribution is -2.39. The summed E-state index contributed by atoms with van der Waals surface area (Å²) in [6.07, 6.45) is 3.30. The van der Waals surface area contributed by atoms with Crippen LogP contribution in [-0.2, 0) is 14.3 Å². The average Bonchev–Trinajstić information content (AvgIpc) is 2.62. The first-order chi connectivity index (χ1) is 5.76. The fourth-order valence-electron chi connectivity index (χ4n) is 1.62. The van der Waals surface area contributed by atoms with E-state index in [2.05, 4.69) is 0 Å². The van der Waals surface area contributed by atoms with Crippen LogP contribution < -0.4 is 0 Å². The van der Waals surface area contributed by atoms with E-state index >= 15 is 0 Å². The minimum absolute atomic E-state index is 0.231. The Morgan fingerprint density at radius 2 is 1.85 bits per heavy atom. The highest BCUT2D eigenvalue weighted by atomic mass is 32.2. The van der Waals surface area contributed by atoms with Crippen molar-refractivity contribution in [2.24, 2.45) is 11.8 Å². The summed E-state index contributed by atoms with van der Waals surface area (Å²) in [5.74, 6) is 0.650. The number of hydrogen-bond donors (Lipinski definition) is 0. The molecule has 0 spiro atoms. The van der Waals surface area contributed by atoms with E-state index in [1.807, 2.05) is 20.8 Å². The van der Waals surface area contributed by atoms with Crippen molar-refractivity contribution < 1.29 is 12.6 Å². The molecular weight excluding hydrogens is 188 g/mol. The average molecular weight is 206 g/mol. The zero-order chi connectivity index (χ0) is 10.3. The van der Waals surface area contributed by atoms with Gasteiger partial charge in [0, 0.05) is 0 Å². The summed E-state index contributed by atoms with van der Waals surface area (Å²) in [5.41, 5.74) is -0.492. The second-order valence-corrected chi connectivity index (χ2v) is 5.98. The molecule has 0 radical (unpaired) electrons. The van der Waals surface area contributed by atoms with E-state index < -0.39 is 15.7 Å². The van der Waals surface area contributed by atoms with Crippen molar-refractivity contribution in [1.82, 2.24) is 0 Å². The van der Waals surface area contributed by atoms with Gasteiger partial charge in [0.1, 0.15) is 0 Å². The maximum Gasteiger partial charge on any atom is 0.264 e. The molecule has 3 nitrogen and oxygen atoms in total. The first-order valence-electron chi connectivity index (χ1n) is 4.66. The van der Waals surface area contributed by atoms with Crippen LogP contribution in [0, 0.1) is 11.8 Å². The third kappa shape index (κ3) is 2.68. The van der Waals surface area contributed by atoms with Gasteiger partial charge < -0.3 is 0 Å². The molecule has 0 aromatic heterocycles. The second kappa shape index (κ2) is 3.24. The van der Waals surface area contributed by atoms with Crippen LogP contribution in [0.1, 0.15) is 33.6 Å². The molecule has 1 fully saturated rings. The molecule has 0 aromatic rings. The third-order valence-electron chi connectivity index (χ3n) is 2.87. The predicted octanol–water partition coefficient (Wildman–Crippen LogP) is 1.79. The van der Waals surface area contributed by atoms with Crippen LogP contribution in [0.4, 0.5) is 0 Å². The monoisotopic (exact) mass is 206 g/mol. The molecule has 0 N–H and O–H groups in total. The Hall–Kier alpha value is -0.0900. The van der Waals surface area contributed by atoms with Crippen molar-refractivity contribution in [1.29, 1.82) is 0 Å². The van der Waals surface area contributed by atoms with Crippen molar-refractivity contribution in [2.45, 2.75) is 39.2 Å². The van der Waals surface area contributed by atoms with Gasteiger partial charge in [-0.2, -0.15) is 8.42 Å². The van der Waals surface area contributed by atoms with Crippen molar-refractivity contribution in [3.8, 4) is 0 Å². The van der Waals surface area contributed by atoms with Crippen molar-refractivity contribution in [3.63, 3.8) is 0 Å². The SMILES string of the molecule is CC(C)C(C)(OS(C)(=O)=O)C1CC1. The summed E-state index contributed by atoms with van der Waals surface area (Å²) < 4.78 is 27.3. The van der Waals surface area contributed by atoms with E-state index in [1.54, 1.807) is 0 Å². The summed E-state index contributed by atoms with van der Waals surface area (Å²) in [6.45, 7) is 5.91. The lowest BCUT2D eigenvalue weighted by atomic mass is 9.88. The van der Waals surface area contributed by atoms with Gasteiger partial charge in [-0.25, -0.2) is 0 Å². The van der Waals surface area contributed by atoms with Gasteiger partial charge in [0.2, 0.25) is 0 Å². The fraction of sp³-hybridized carbons (Fsp3) is 1.00. The first-order valence-corrected chi connectivity index (χ1v) is 6.48. The molecule has 1 aliphatic rings. The van der Waals surface area contributed by atoms with Crippen molar-refractivity contribution >= 4 is 10.1 Å². The lowest BCUT2D eigenvalue weighted by Gasteiger charge is -2.32. The summed E-state index contributed by atoms with van der Waals surface area (Å²) >= 11 is 0. The topological polar surface area (TPSA) is 43.4 Å². The van der Waals surface area contributed by atoms with E-state index in [0.717, 1.165) is 19.1 Å². The van der Waals surface area contributed by atoms with Crippen LogP contribution in [0.15, 0.2) is 0 Å². The van der Waals surface area contributed by atoms with Gasteiger partial charge >= 0.3 is 0 Å². The molecule has 0 bridgehead atoms. The van der Waals surface area contributed by atoms with Gasteiger partial charge in [-0.1, -0.05) is 13.8 Å². The number of rotatable bonds is 4. The largest absolute Gasteiger partial charge is 0.264 e. The van der Waals surface area contributed by atoms with Crippen LogP contribution in [0.3, 0.4) is 0 Å². The Labute approximate surface area is 80.6 Å². The van der Waals surface area contributed by atoms with E-state index in [4.69, 9.17) is 4.18 Å². The molecule has 1 saturated carbocycles. The van der Waals surface area contributed by atoms with Crippen molar-refractivity contribution in [2.75, 3.05) is 6.26 Å². The molecular formula is C9H18O3S. The lowest BCUT2D eigenvalue weighted by molar-refractivity contribution is 0.0263. The molecule has 0 aromatic carbocycles. The van der Waals surface area contributed by atoms with Gasteiger partial charge in [0.15, 0.2) is 0 Å². The summed E-state index contributed by atoms with van der Waals surface area (Å²) in [6, 6.07) is 0. The normalized spacial score (nSPS) is 23.2. The Kier molecular flexibility index (Phi) is 2.74. The highest BCUT2D eigenvalue weighted by Crippen LogP contribution is 2.46. The Balaban J connectivity index is 2.79. The molecule has 1 unspecified atom stereocenters. The molecule has 1 aliphatic carbocycles. The molecule has 4 heteroatoms. The minimum Gasteiger partial charge on any atom is -0.263 e. The van der Waals surface area contributed by atoms with Gasteiger partial charge in [-0.05, 0) is 31.6 Å². The maximum absolute atomic E-state index is 11.1. The van der Waals surface area contributed by atoms with E-state index in [-0.39, 0.29) is 5.92 Å². The molecule has 1 atom stereocenters. The molecule has 78 valence electrons. The molecule has 0 aliphatic heterocycles. The summed E-state index contributed by atoms with van der Waals surface area (Å²) in [5, 5.41) is 0. The number of hydrogen-bond acceptors (Lipinski definition) is 3. The molecule has 0 heterocycles. The second-order valence-electron chi connectivity index (χ2n) is 4.40. The standard InChI is InChI=1S/C9H18O3S/c1-7(2)9(3,8-5-6-8)12-13(4,10)11/h7-8H,5-6H2,1-4H3. The Morgan fingerprint density at radius 3 is 2.08 bits per heavy atom. The summed E-state index contributed by atoms with van der Waals surface area (Å²) in [7, 11) is -3.33. The molecule has 0 amide bonds. The third-order valence-corrected chi connectivity index (χ3v) is 3.53. The minimum atomic E-state index is -3.33. The Morgan fingerprint density at radius 1 is 1.38 bits per heavy atom. The van der Waals surface area contributed by atoms with Crippen LogP contribution in [0.2, 0.25) is 0 Å². The smallest absolute Gasteiger partial charge is 0.263 e. The highest BCUT2D eigenvalue weighted by Gasteiger charge is 2.47. The van der Waals surface area contributed by atoms with Gasteiger partial charge in [-0.3, -0.25) is 4.18 Å². The maximum atomic E-state index is 11.1. The van der Waals surface area contributed by atoms with E-state index in [0.29, 0.717) is 5.92 Å². The predicted molar refractivity (Wildman–Crippen MR) is 51.9 cm³/mol. The zero-order valence-corrected chi connectivity index (χ0v) is 9.52.